The maximum atomic E-state index is 11.0. The Kier molecular flexibility index (Phi) is 4.66. The van der Waals surface area contributed by atoms with Gasteiger partial charge >= 0.3 is 0 Å². The third-order valence-electron chi connectivity index (χ3n) is 2.79. The van der Waals surface area contributed by atoms with Crippen LogP contribution in [-0.4, -0.2) is 12.9 Å². The van der Waals surface area contributed by atoms with Crippen LogP contribution in [0.2, 0.25) is 0 Å². The molecule has 0 fully saturated rings. The molecule has 0 heterocycles. The van der Waals surface area contributed by atoms with Crippen molar-refractivity contribution in [2.75, 3.05) is 6.61 Å². The SMILES string of the molecule is C=[P+]([O-])OCC(c1ccccc1)c1ccccc1. The maximum absolute atomic E-state index is 11.0. The van der Waals surface area contributed by atoms with Crippen LogP contribution in [0.4, 0.5) is 0 Å². The molecule has 3 heteroatoms. The van der Waals surface area contributed by atoms with Crippen LogP contribution in [0.15, 0.2) is 60.7 Å². The second kappa shape index (κ2) is 6.46. The van der Waals surface area contributed by atoms with Gasteiger partial charge < -0.3 is 4.89 Å². The predicted octanol–water partition coefficient (Wildman–Crippen LogP) is 2.94. The molecule has 2 rings (SSSR count). The fourth-order valence-corrected chi connectivity index (χ4v) is 2.23. The van der Waals surface area contributed by atoms with Crippen molar-refractivity contribution in [1.82, 2.24) is 0 Å². The molecule has 0 spiro atoms. The highest BCUT2D eigenvalue weighted by atomic mass is 31.1. The van der Waals surface area contributed by atoms with Crippen molar-refractivity contribution in [1.29, 1.82) is 0 Å². The molecular formula is C15H15O2P. The molecule has 2 aromatic carbocycles. The van der Waals surface area contributed by atoms with Crippen molar-refractivity contribution in [3.05, 3.63) is 71.8 Å². The summed E-state index contributed by atoms with van der Waals surface area (Å²) in [5.74, 6) is 0.0908. The third kappa shape index (κ3) is 3.51. The van der Waals surface area contributed by atoms with Gasteiger partial charge in [0.25, 0.3) is 0 Å². The topological polar surface area (TPSA) is 32.3 Å². The molecule has 0 bridgehead atoms. The minimum Gasteiger partial charge on any atom is -0.603 e. The molecule has 0 aliphatic rings. The average molecular weight is 258 g/mol. The lowest BCUT2D eigenvalue weighted by molar-refractivity contribution is -0.172. The molecule has 0 amide bonds. The summed E-state index contributed by atoms with van der Waals surface area (Å²) < 4.78 is 5.21. The lowest BCUT2D eigenvalue weighted by Crippen LogP contribution is -2.08. The highest BCUT2D eigenvalue weighted by Gasteiger charge is 2.15. The Morgan fingerprint density at radius 3 is 1.78 bits per heavy atom. The van der Waals surface area contributed by atoms with Crippen LogP contribution < -0.4 is 4.89 Å². The first-order chi connectivity index (χ1) is 8.77. The first-order valence-corrected chi connectivity index (χ1v) is 7.14. The zero-order chi connectivity index (χ0) is 12.8. The van der Waals surface area contributed by atoms with Crippen molar-refractivity contribution in [3.63, 3.8) is 0 Å². The van der Waals surface area contributed by atoms with Gasteiger partial charge in [-0.25, -0.2) is 0 Å². The normalized spacial score (nSPS) is 11.6. The Bertz CT molecular complexity index is 457. The Hall–Kier alpha value is -1.47. The van der Waals surface area contributed by atoms with Crippen molar-refractivity contribution in [3.8, 4) is 0 Å². The molecule has 92 valence electrons. The van der Waals surface area contributed by atoms with Crippen LogP contribution >= 0.6 is 8.00 Å². The molecule has 0 radical (unpaired) electrons. The first kappa shape index (κ1) is 13.0. The van der Waals surface area contributed by atoms with Gasteiger partial charge in [-0.3, -0.25) is 0 Å². The van der Waals surface area contributed by atoms with Gasteiger partial charge in [0.1, 0.15) is 12.9 Å². The molecule has 0 aliphatic heterocycles. The summed E-state index contributed by atoms with van der Waals surface area (Å²) in [5, 5.41) is 0. The van der Waals surface area contributed by atoms with Gasteiger partial charge in [0.2, 0.25) is 8.00 Å². The van der Waals surface area contributed by atoms with Gasteiger partial charge in [0.05, 0.1) is 0 Å². The molecule has 0 N–H and O–H groups in total. The van der Waals surface area contributed by atoms with Gasteiger partial charge in [0.15, 0.2) is 0 Å². The molecule has 2 nitrogen and oxygen atoms in total. The highest BCUT2D eigenvalue weighted by molar-refractivity contribution is 7.43. The van der Waals surface area contributed by atoms with E-state index in [0.717, 1.165) is 11.1 Å². The van der Waals surface area contributed by atoms with Crippen molar-refractivity contribution >= 4 is 14.3 Å². The van der Waals surface area contributed by atoms with E-state index in [1.54, 1.807) is 0 Å². The summed E-state index contributed by atoms with van der Waals surface area (Å²) in [4.78, 5) is 11.0. The summed E-state index contributed by atoms with van der Waals surface area (Å²) >= 11 is 0. The lowest BCUT2D eigenvalue weighted by atomic mass is 9.92. The van der Waals surface area contributed by atoms with E-state index in [1.807, 2.05) is 36.4 Å². The van der Waals surface area contributed by atoms with Crippen LogP contribution in [0.3, 0.4) is 0 Å². The number of rotatable bonds is 5. The molecule has 2 aromatic rings. The predicted molar refractivity (Wildman–Crippen MR) is 74.7 cm³/mol. The molecule has 1 unspecified atom stereocenters. The van der Waals surface area contributed by atoms with Crippen LogP contribution in [0.1, 0.15) is 17.0 Å². The number of hydrogen-bond acceptors (Lipinski definition) is 2. The van der Waals surface area contributed by atoms with E-state index in [9.17, 15) is 4.89 Å². The molecule has 0 aliphatic carbocycles. The van der Waals surface area contributed by atoms with Gasteiger partial charge in [-0.1, -0.05) is 60.7 Å². The Labute approximate surface area is 108 Å². The molecule has 0 saturated carbocycles. The third-order valence-corrected chi connectivity index (χ3v) is 3.23. The summed E-state index contributed by atoms with van der Waals surface area (Å²) in [5.41, 5.74) is 2.31. The van der Waals surface area contributed by atoms with Crippen molar-refractivity contribution in [2.45, 2.75) is 5.92 Å². The fourth-order valence-electron chi connectivity index (χ4n) is 1.91. The van der Waals surface area contributed by atoms with E-state index in [0.29, 0.717) is 6.61 Å². The summed E-state index contributed by atoms with van der Waals surface area (Å²) in [6, 6.07) is 20.2. The van der Waals surface area contributed by atoms with E-state index < -0.39 is 8.00 Å². The molecule has 0 saturated heterocycles. The summed E-state index contributed by atoms with van der Waals surface area (Å²) in [6.45, 7) is 0.382. The van der Waals surface area contributed by atoms with E-state index in [4.69, 9.17) is 4.52 Å². The Balaban J connectivity index is 2.26. The number of hydrogen-bond donors (Lipinski definition) is 0. The van der Waals surface area contributed by atoms with Crippen LogP contribution in [0, 0.1) is 0 Å². The van der Waals surface area contributed by atoms with Crippen LogP contribution in [0.5, 0.6) is 0 Å². The monoisotopic (exact) mass is 258 g/mol. The van der Waals surface area contributed by atoms with Gasteiger partial charge in [0, 0.05) is 5.92 Å². The minimum atomic E-state index is -1.81. The van der Waals surface area contributed by atoms with E-state index >= 15 is 0 Å². The second-order valence-electron chi connectivity index (χ2n) is 4.00. The molecule has 18 heavy (non-hydrogen) atoms. The molecular weight excluding hydrogens is 243 g/mol. The summed E-state index contributed by atoms with van der Waals surface area (Å²) in [7, 11) is -1.81. The van der Waals surface area contributed by atoms with Gasteiger partial charge in [-0.2, -0.15) is 4.52 Å². The van der Waals surface area contributed by atoms with Crippen LogP contribution in [0.25, 0.3) is 0 Å². The maximum Gasteiger partial charge on any atom is 0.213 e. The first-order valence-electron chi connectivity index (χ1n) is 5.78. The van der Waals surface area contributed by atoms with E-state index in [-0.39, 0.29) is 5.92 Å². The largest absolute Gasteiger partial charge is 0.603 e. The quantitative estimate of drug-likeness (QED) is 0.772. The second-order valence-corrected chi connectivity index (χ2v) is 4.93. The van der Waals surface area contributed by atoms with Crippen LogP contribution in [-0.2, 0) is 4.52 Å². The van der Waals surface area contributed by atoms with Gasteiger partial charge in [-0.05, 0) is 11.1 Å². The van der Waals surface area contributed by atoms with Crippen molar-refractivity contribution in [2.24, 2.45) is 0 Å². The zero-order valence-corrected chi connectivity index (χ0v) is 10.9. The van der Waals surface area contributed by atoms with E-state index in [1.165, 1.54) is 0 Å². The zero-order valence-electron chi connectivity index (χ0n) is 10.0. The average Bonchev–Trinajstić information content (AvgIpc) is 2.41. The molecule has 0 aromatic heterocycles. The fraction of sp³-hybridized carbons (Fsp3) is 0.133. The van der Waals surface area contributed by atoms with Crippen molar-refractivity contribution < 1.29 is 9.42 Å². The number of benzene rings is 2. The van der Waals surface area contributed by atoms with Gasteiger partial charge in [-0.15, -0.1) is 0 Å². The Morgan fingerprint density at radius 1 is 0.944 bits per heavy atom. The summed E-state index contributed by atoms with van der Waals surface area (Å²) in [6.07, 6.45) is 3.38. The molecule has 1 atom stereocenters. The minimum absolute atomic E-state index is 0.0908. The Morgan fingerprint density at radius 2 is 1.39 bits per heavy atom. The standard InChI is InChI=1S/C15H15O2P/c1-18(16)17-12-15(13-8-4-2-5-9-13)14-10-6-3-7-11-14/h2-11,15H,1,12H2. The van der Waals surface area contributed by atoms with E-state index in [2.05, 4.69) is 30.6 Å². The highest BCUT2D eigenvalue weighted by Crippen LogP contribution is 2.27. The smallest absolute Gasteiger partial charge is 0.213 e. The lowest BCUT2D eigenvalue weighted by Gasteiger charge is -2.16.